The quantitative estimate of drug-likeness (QED) is 0.740. The zero-order chi connectivity index (χ0) is 8.81. The lowest BCUT2D eigenvalue weighted by Crippen LogP contribution is -2.10. The van der Waals surface area contributed by atoms with E-state index in [1.54, 1.807) is 0 Å². The van der Waals surface area contributed by atoms with E-state index in [1.165, 1.54) is 22.6 Å². The van der Waals surface area contributed by atoms with Gasteiger partial charge in [0.15, 0.2) is 0 Å². The third kappa shape index (κ3) is 2.95. The normalized spacial score (nSPS) is 10.5. The molecule has 0 amide bonds. The van der Waals surface area contributed by atoms with E-state index in [1.807, 2.05) is 11.3 Å². The van der Waals surface area contributed by atoms with E-state index >= 15 is 0 Å². The Morgan fingerprint density at radius 1 is 1.25 bits per heavy atom. The fourth-order valence-electron chi connectivity index (χ4n) is 1.15. The Labute approximate surface area is 78.8 Å². The van der Waals surface area contributed by atoms with Gasteiger partial charge in [-0.25, -0.2) is 0 Å². The van der Waals surface area contributed by atoms with Crippen LogP contribution >= 0.6 is 11.3 Å². The van der Waals surface area contributed by atoms with E-state index in [4.69, 9.17) is 0 Å². The SMILES string of the molecule is CCCc1ccc(CNCC)s1. The van der Waals surface area contributed by atoms with Gasteiger partial charge in [0.05, 0.1) is 0 Å². The first-order valence-corrected chi connectivity index (χ1v) is 5.46. The summed E-state index contributed by atoms with van der Waals surface area (Å²) >= 11 is 1.93. The number of thiophene rings is 1. The van der Waals surface area contributed by atoms with Crippen LogP contribution in [0.2, 0.25) is 0 Å². The Morgan fingerprint density at radius 3 is 2.67 bits per heavy atom. The van der Waals surface area contributed by atoms with Gasteiger partial charge < -0.3 is 5.32 Å². The van der Waals surface area contributed by atoms with Gasteiger partial charge in [0.25, 0.3) is 0 Å². The number of hydrogen-bond acceptors (Lipinski definition) is 2. The fourth-order valence-corrected chi connectivity index (χ4v) is 2.24. The van der Waals surface area contributed by atoms with Crippen molar-refractivity contribution >= 4 is 11.3 Å². The topological polar surface area (TPSA) is 12.0 Å². The van der Waals surface area contributed by atoms with Crippen molar-refractivity contribution in [1.82, 2.24) is 5.32 Å². The van der Waals surface area contributed by atoms with E-state index < -0.39 is 0 Å². The minimum Gasteiger partial charge on any atom is -0.312 e. The maximum absolute atomic E-state index is 3.33. The second-order valence-corrected chi connectivity index (χ2v) is 4.15. The Morgan fingerprint density at radius 2 is 2.00 bits per heavy atom. The van der Waals surface area contributed by atoms with Crippen molar-refractivity contribution in [3.63, 3.8) is 0 Å². The Balaban J connectivity index is 2.41. The molecule has 0 unspecified atom stereocenters. The van der Waals surface area contributed by atoms with Crippen LogP contribution in [0.15, 0.2) is 12.1 Å². The van der Waals surface area contributed by atoms with Crippen LogP contribution in [0.1, 0.15) is 30.0 Å². The smallest absolute Gasteiger partial charge is 0.0299 e. The first kappa shape index (κ1) is 9.75. The third-order valence-corrected chi connectivity index (χ3v) is 2.91. The maximum atomic E-state index is 3.33. The van der Waals surface area contributed by atoms with Gasteiger partial charge >= 0.3 is 0 Å². The first-order valence-electron chi connectivity index (χ1n) is 4.65. The van der Waals surface area contributed by atoms with Crippen molar-refractivity contribution in [2.24, 2.45) is 0 Å². The molecule has 0 bridgehead atoms. The summed E-state index contributed by atoms with van der Waals surface area (Å²) in [6, 6.07) is 4.49. The molecule has 0 saturated carbocycles. The molecular formula is C10H17NS. The number of rotatable bonds is 5. The maximum Gasteiger partial charge on any atom is 0.0299 e. The third-order valence-electron chi connectivity index (χ3n) is 1.76. The van der Waals surface area contributed by atoms with Crippen molar-refractivity contribution in [1.29, 1.82) is 0 Å². The molecule has 12 heavy (non-hydrogen) atoms. The molecule has 1 N–H and O–H groups in total. The molecule has 2 heteroatoms. The predicted molar refractivity (Wildman–Crippen MR) is 55.7 cm³/mol. The Hall–Kier alpha value is -0.340. The first-order chi connectivity index (χ1) is 5.86. The summed E-state index contributed by atoms with van der Waals surface area (Å²) in [5, 5.41) is 3.33. The van der Waals surface area contributed by atoms with Crippen LogP contribution in [-0.2, 0) is 13.0 Å². The molecular weight excluding hydrogens is 166 g/mol. The fraction of sp³-hybridized carbons (Fsp3) is 0.600. The molecule has 0 aliphatic carbocycles. The molecule has 0 aliphatic heterocycles. The summed E-state index contributed by atoms with van der Waals surface area (Å²) in [5.74, 6) is 0. The lowest BCUT2D eigenvalue weighted by molar-refractivity contribution is 0.735. The van der Waals surface area contributed by atoms with Gasteiger partial charge in [-0.05, 0) is 25.1 Å². The van der Waals surface area contributed by atoms with Crippen molar-refractivity contribution < 1.29 is 0 Å². The summed E-state index contributed by atoms with van der Waals surface area (Å²) < 4.78 is 0. The molecule has 1 aromatic rings. The van der Waals surface area contributed by atoms with Crippen LogP contribution in [-0.4, -0.2) is 6.54 Å². The van der Waals surface area contributed by atoms with Gasteiger partial charge in [0, 0.05) is 16.3 Å². The van der Waals surface area contributed by atoms with Crippen LogP contribution in [0.25, 0.3) is 0 Å². The van der Waals surface area contributed by atoms with Crippen molar-refractivity contribution in [3.8, 4) is 0 Å². The molecule has 1 heterocycles. The lowest BCUT2D eigenvalue weighted by atomic mass is 10.3. The average Bonchev–Trinajstić information content (AvgIpc) is 2.50. The largest absolute Gasteiger partial charge is 0.312 e. The highest BCUT2D eigenvalue weighted by Gasteiger charge is 1.97. The van der Waals surface area contributed by atoms with E-state index in [-0.39, 0.29) is 0 Å². The van der Waals surface area contributed by atoms with Gasteiger partial charge in [0.2, 0.25) is 0 Å². The van der Waals surface area contributed by atoms with Crippen molar-refractivity contribution in [2.45, 2.75) is 33.2 Å². The second kappa shape index (κ2) is 5.33. The minimum absolute atomic E-state index is 1.03. The van der Waals surface area contributed by atoms with E-state index in [0.717, 1.165) is 13.1 Å². The molecule has 0 radical (unpaired) electrons. The molecule has 0 spiro atoms. The van der Waals surface area contributed by atoms with E-state index in [2.05, 4.69) is 31.3 Å². The van der Waals surface area contributed by atoms with Gasteiger partial charge in [-0.2, -0.15) is 0 Å². The standard InChI is InChI=1S/C10H17NS/c1-3-5-9-6-7-10(12-9)8-11-4-2/h6-7,11H,3-5,8H2,1-2H3. The highest BCUT2D eigenvalue weighted by Crippen LogP contribution is 2.17. The van der Waals surface area contributed by atoms with Crippen molar-refractivity contribution in [2.75, 3.05) is 6.54 Å². The molecule has 1 rings (SSSR count). The van der Waals surface area contributed by atoms with Gasteiger partial charge in [-0.1, -0.05) is 20.3 Å². The van der Waals surface area contributed by atoms with E-state index in [0.29, 0.717) is 0 Å². The molecule has 0 aliphatic rings. The van der Waals surface area contributed by atoms with Crippen LogP contribution < -0.4 is 5.32 Å². The zero-order valence-electron chi connectivity index (χ0n) is 7.89. The minimum atomic E-state index is 1.03. The second-order valence-electron chi connectivity index (χ2n) is 2.90. The average molecular weight is 183 g/mol. The van der Waals surface area contributed by atoms with Crippen molar-refractivity contribution in [3.05, 3.63) is 21.9 Å². The van der Waals surface area contributed by atoms with Crippen LogP contribution in [0.4, 0.5) is 0 Å². The zero-order valence-corrected chi connectivity index (χ0v) is 8.71. The summed E-state index contributed by atoms with van der Waals surface area (Å²) in [5.41, 5.74) is 0. The molecule has 0 aromatic carbocycles. The summed E-state index contributed by atoms with van der Waals surface area (Å²) in [7, 11) is 0. The van der Waals surface area contributed by atoms with Gasteiger partial charge in [-0.15, -0.1) is 11.3 Å². The van der Waals surface area contributed by atoms with E-state index in [9.17, 15) is 0 Å². The molecule has 0 saturated heterocycles. The number of aryl methyl sites for hydroxylation is 1. The van der Waals surface area contributed by atoms with Crippen LogP contribution in [0.5, 0.6) is 0 Å². The Kier molecular flexibility index (Phi) is 4.33. The molecule has 0 fully saturated rings. The van der Waals surface area contributed by atoms with Gasteiger partial charge in [0.1, 0.15) is 0 Å². The predicted octanol–water partition coefficient (Wildman–Crippen LogP) is 2.81. The number of hydrogen-bond donors (Lipinski definition) is 1. The van der Waals surface area contributed by atoms with Crippen LogP contribution in [0, 0.1) is 0 Å². The molecule has 1 nitrogen and oxygen atoms in total. The summed E-state index contributed by atoms with van der Waals surface area (Å²) in [6.07, 6.45) is 2.48. The van der Waals surface area contributed by atoms with Crippen LogP contribution in [0.3, 0.4) is 0 Å². The highest BCUT2D eigenvalue weighted by atomic mass is 32.1. The highest BCUT2D eigenvalue weighted by molar-refractivity contribution is 7.11. The monoisotopic (exact) mass is 183 g/mol. The Bertz CT molecular complexity index is 217. The molecule has 0 atom stereocenters. The van der Waals surface area contributed by atoms with Gasteiger partial charge in [-0.3, -0.25) is 0 Å². The summed E-state index contributed by atoms with van der Waals surface area (Å²) in [4.78, 5) is 2.98. The lowest BCUT2D eigenvalue weighted by Gasteiger charge is -1.96. The molecule has 1 aromatic heterocycles. The summed E-state index contributed by atoms with van der Waals surface area (Å²) in [6.45, 7) is 6.45. The number of nitrogens with one attached hydrogen (secondary N) is 1. The molecule has 68 valence electrons.